The van der Waals surface area contributed by atoms with Crippen molar-refractivity contribution in [3.63, 3.8) is 0 Å². The lowest BCUT2D eigenvalue weighted by atomic mass is 10.1. The predicted molar refractivity (Wildman–Crippen MR) is 76.7 cm³/mol. The Morgan fingerprint density at radius 3 is 2.74 bits per heavy atom. The normalized spacial score (nSPS) is 16.1. The smallest absolute Gasteiger partial charge is 0.238 e. The number of nitrogens with one attached hydrogen (secondary N) is 1. The summed E-state index contributed by atoms with van der Waals surface area (Å²) in [6.45, 7) is 4.52. The van der Waals surface area contributed by atoms with Crippen LogP contribution in [0.15, 0.2) is 18.2 Å². The van der Waals surface area contributed by atoms with Gasteiger partial charge in [-0.15, -0.1) is 0 Å². The number of amides is 1. The van der Waals surface area contributed by atoms with Crippen LogP contribution in [-0.2, 0) is 4.79 Å². The molecule has 104 valence electrons. The molecule has 0 unspecified atom stereocenters. The number of likely N-dealkylation sites (tertiary alicyclic amines) is 1. The third-order valence-electron chi connectivity index (χ3n) is 3.44. The van der Waals surface area contributed by atoms with Gasteiger partial charge in [0.15, 0.2) is 0 Å². The second-order valence-electron chi connectivity index (χ2n) is 5.09. The van der Waals surface area contributed by atoms with Crippen LogP contribution in [0.2, 0.25) is 0 Å². The lowest BCUT2D eigenvalue weighted by Gasteiger charge is -2.25. The molecule has 0 atom stereocenters. The second-order valence-corrected chi connectivity index (χ2v) is 5.09. The van der Waals surface area contributed by atoms with Gasteiger partial charge in [0.1, 0.15) is 5.75 Å². The van der Waals surface area contributed by atoms with Gasteiger partial charge in [-0.25, -0.2) is 0 Å². The van der Waals surface area contributed by atoms with Crippen LogP contribution in [0.4, 0.5) is 5.69 Å². The monoisotopic (exact) mass is 262 g/mol. The summed E-state index contributed by atoms with van der Waals surface area (Å²) in [4.78, 5) is 14.3. The maximum absolute atomic E-state index is 12.1. The molecule has 0 saturated carbocycles. The van der Waals surface area contributed by atoms with Gasteiger partial charge in [-0.1, -0.05) is 12.5 Å². The molecule has 4 heteroatoms. The minimum absolute atomic E-state index is 0.0331. The second kappa shape index (κ2) is 6.57. The summed E-state index contributed by atoms with van der Waals surface area (Å²) in [5, 5.41) is 2.94. The first-order valence-electron chi connectivity index (χ1n) is 6.86. The van der Waals surface area contributed by atoms with Gasteiger partial charge in [-0.2, -0.15) is 0 Å². The molecule has 1 aromatic rings. The van der Waals surface area contributed by atoms with Crippen molar-refractivity contribution in [3.8, 4) is 5.75 Å². The number of piperidine rings is 1. The van der Waals surface area contributed by atoms with Gasteiger partial charge in [0.2, 0.25) is 5.91 Å². The number of methoxy groups -OCH3 is 1. The third kappa shape index (κ3) is 3.96. The van der Waals surface area contributed by atoms with Gasteiger partial charge in [0.25, 0.3) is 0 Å². The van der Waals surface area contributed by atoms with Crippen molar-refractivity contribution in [3.05, 3.63) is 23.8 Å². The number of nitrogens with zero attached hydrogens (tertiary/aromatic N) is 1. The average molecular weight is 262 g/mol. The third-order valence-corrected chi connectivity index (χ3v) is 3.44. The largest absolute Gasteiger partial charge is 0.495 e. The van der Waals surface area contributed by atoms with Crippen LogP contribution in [-0.4, -0.2) is 37.6 Å². The van der Waals surface area contributed by atoms with E-state index in [1.807, 2.05) is 25.1 Å². The highest BCUT2D eigenvalue weighted by molar-refractivity contribution is 5.93. The number of carbonyl (C=O) groups is 1. The molecule has 1 heterocycles. The highest BCUT2D eigenvalue weighted by Crippen LogP contribution is 2.25. The number of hydrogen-bond acceptors (Lipinski definition) is 3. The van der Waals surface area contributed by atoms with Gasteiger partial charge in [-0.3, -0.25) is 9.69 Å². The highest BCUT2D eigenvalue weighted by Gasteiger charge is 2.15. The van der Waals surface area contributed by atoms with E-state index in [-0.39, 0.29) is 5.91 Å². The molecular formula is C15H22N2O2. The Morgan fingerprint density at radius 2 is 2.05 bits per heavy atom. The summed E-state index contributed by atoms with van der Waals surface area (Å²) in [5.41, 5.74) is 1.86. The Labute approximate surface area is 114 Å². The van der Waals surface area contributed by atoms with E-state index in [1.165, 1.54) is 19.3 Å². The Balaban J connectivity index is 1.95. The van der Waals surface area contributed by atoms with E-state index in [1.54, 1.807) is 7.11 Å². The van der Waals surface area contributed by atoms with E-state index < -0.39 is 0 Å². The Morgan fingerprint density at radius 1 is 1.32 bits per heavy atom. The lowest BCUT2D eigenvalue weighted by Crippen LogP contribution is -2.36. The number of anilines is 1. The fourth-order valence-corrected chi connectivity index (χ4v) is 2.43. The van der Waals surface area contributed by atoms with E-state index in [4.69, 9.17) is 4.74 Å². The van der Waals surface area contributed by atoms with Gasteiger partial charge < -0.3 is 10.1 Å². The molecule has 1 aliphatic heterocycles. The summed E-state index contributed by atoms with van der Waals surface area (Å²) in [7, 11) is 1.62. The van der Waals surface area contributed by atoms with Crippen LogP contribution in [0.3, 0.4) is 0 Å². The van der Waals surface area contributed by atoms with Crippen molar-refractivity contribution in [2.24, 2.45) is 0 Å². The van der Waals surface area contributed by atoms with Crippen molar-refractivity contribution >= 4 is 11.6 Å². The van der Waals surface area contributed by atoms with E-state index in [9.17, 15) is 4.79 Å². The van der Waals surface area contributed by atoms with Crippen LogP contribution in [0.25, 0.3) is 0 Å². The highest BCUT2D eigenvalue weighted by atomic mass is 16.5. The zero-order chi connectivity index (χ0) is 13.7. The Hall–Kier alpha value is -1.55. The van der Waals surface area contributed by atoms with Crippen LogP contribution in [0, 0.1) is 6.92 Å². The van der Waals surface area contributed by atoms with Gasteiger partial charge in [0, 0.05) is 0 Å². The number of carbonyl (C=O) groups excluding carboxylic acids is 1. The first-order valence-corrected chi connectivity index (χ1v) is 6.86. The molecule has 0 aromatic heterocycles. The number of rotatable bonds is 4. The SMILES string of the molecule is COc1ccc(C)cc1NC(=O)CN1CCCCC1. The zero-order valence-corrected chi connectivity index (χ0v) is 11.7. The van der Waals surface area contributed by atoms with Gasteiger partial charge >= 0.3 is 0 Å². The number of ether oxygens (including phenoxy) is 1. The minimum Gasteiger partial charge on any atom is -0.495 e. The molecule has 1 fully saturated rings. The Kier molecular flexibility index (Phi) is 4.80. The molecule has 1 aliphatic rings. The van der Waals surface area contributed by atoms with E-state index in [0.29, 0.717) is 12.3 Å². The molecule has 1 saturated heterocycles. The molecule has 0 spiro atoms. The fraction of sp³-hybridized carbons (Fsp3) is 0.533. The van der Waals surface area contributed by atoms with Crippen molar-refractivity contribution in [2.45, 2.75) is 26.2 Å². The van der Waals surface area contributed by atoms with E-state index in [2.05, 4.69) is 10.2 Å². The van der Waals surface area contributed by atoms with E-state index >= 15 is 0 Å². The molecule has 1 N–H and O–H groups in total. The maximum Gasteiger partial charge on any atom is 0.238 e. The number of aryl methyl sites for hydroxylation is 1. The average Bonchev–Trinajstić information content (AvgIpc) is 2.40. The quantitative estimate of drug-likeness (QED) is 0.906. The molecule has 0 bridgehead atoms. The van der Waals surface area contributed by atoms with Crippen LogP contribution >= 0.6 is 0 Å². The van der Waals surface area contributed by atoms with Gasteiger partial charge in [-0.05, 0) is 50.6 Å². The van der Waals surface area contributed by atoms with Crippen molar-refractivity contribution < 1.29 is 9.53 Å². The lowest BCUT2D eigenvalue weighted by molar-refractivity contribution is -0.117. The summed E-state index contributed by atoms with van der Waals surface area (Å²) in [6.07, 6.45) is 3.67. The first kappa shape index (κ1) is 13.9. The zero-order valence-electron chi connectivity index (χ0n) is 11.7. The van der Waals surface area contributed by atoms with Crippen molar-refractivity contribution in [1.29, 1.82) is 0 Å². The van der Waals surface area contributed by atoms with E-state index in [0.717, 1.165) is 24.3 Å². The molecule has 2 rings (SSSR count). The number of benzene rings is 1. The molecule has 1 aromatic carbocycles. The molecule has 0 radical (unpaired) electrons. The standard InChI is InChI=1S/C15H22N2O2/c1-12-6-7-14(19-2)13(10-12)16-15(18)11-17-8-4-3-5-9-17/h6-7,10H,3-5,8-9,11H2,1-2H3,(H,16,18). The number of hydrogen-bond donors (Lipinski definition) is 1. The van der Waals surface area contributed by atoms with Crippen molar-refractivity contribution in [1.82, 2.24) is 4.90 Å². The maximum atomic E-state index is 12.1. The fourth-order valence-electron chi connectivity index (χ4n) is 2.43. The predicted octanol–water partition coefficient (Wildman–Crippen LogP) is 2.43. The summed E-state index contributed by atoms with van der Waals surface area (Å²) in [6, 6.07) is 5.79. The summed E-state index contributed by atoms with van der Waals surface area (Å²) >= 11 is 0. The molecular weight excluding hydrogens is 240 g/mol. The summed E-state index contributed by atoms with van der Waals surface area (Å²) in [5.74, 6) is 0.739. The molecule has 1 amide bonds. The molecule has 19 heavy (non-hydrogen) atoms. The van der Waals surface area contributed by atoms with Crippen molar-refractivity contribution in [2.75, 3.05) is 32.1 Å². The molecule has 0 aliphatic carbocycles. The molecule has 4 nitrogen and oxygen atoms in total. The Bertz CT molecular complexity index is 440. The van der Waals surface area contributed by atoms with Crippen LogP contribution < -0.4 is 10.1 Å². The topological polar surface area (TPSA) is 41.6 Å². The van der Waals surface area contributed by atoms with Crippen LogP contribution in [0.1, 0.15) is 24.8 Å². The van der Waals surface area contributed by atoms with Crippen LogP contribution in [0.5, 0.6) is 5.75 Å². The first-order chi connectivity index (χ1) is 9.19. The van der Waals surface area contributed by atoms with Gasteiger partial charge in [0.05, 0.1) is 19.3 Å². The minimum atomic E-state index is 0.0331. The summed E-state index contributed by atoms with van der Waals surface area (Å²) < 4.78 is 5.26.